The Balaban J connectivity index is 1.48. The third-order valence-electron chi connectivity index (χ3n) is 8.79. The Morgan fingerprint density at radius 2 is 1.97 bits per heavy atom. The van der Waals surface area contributed by atoms with Crippen molar-refractivity contribution in [2.24, 2.45) is 28.6 Å². The number of aliphatic hydroxyl groups excluding tert-OH is 2. The average Bonchev–Trinajstić information content (AvgIpc) is 3.01. The predicted octanol–water partition coefficient (Wildman–Crippen LogP) is 4.16. The van der Waals surface area contributed by atoms with Gasteiger partial charge in [-0.2, -0.15) is 0 Å². The summed E-state index contributed by atoms with van der Waals surface area (Å²) < 4.78 is 5.82. The molecule has 5 nitrogen and oxygen atoms in total. The first kappa shape index (κ1) is 20.8. The van der Waals surface area contributed by atoms with Gasteiger partial charge in [0, 0.05) is 12.4 Å². The van der Waals surface area contributed by atoms with Gasteiger partial charge in [-0.1, -0.05) is 26.0 Å². The van der Waals surface area contributed by atoms with Gasteiger partial charge in [0.05, 0.1) is 25.0 Å². The topological polar surface area (TPSA) is 75.5 Å². The zero-order valence-electron chi connectivity index (χ0n) is 17.9. The Bertz CT molecular complexity index is 726. The van der Waals surface area contributed by atoms with Gasteiger partial charge in [0.25, 0.3) is 0 Å². The van der Waals surface area contributed by atoms with Crippen LogP contribution >= 0.6 is 0 Å². The summed E-state index contributed by atoms with van der Waals surface area (Å²) in [6.07, 6.45) is 12.1. The molecule has 0 unspecified atom stereocenters. The monoisotopic (exact) mass is 400 g/mol. The number of aliphatic hydroxyl groups is 2. The molecule has 2 N–H and O–H groups in total. The number of allylic oxidation sites excluding steroid dienone is 1. The molecule has 1 heterocycles. The molecule has 4 rings (SSSR count). The standard InChI is InChI=1S/C24H36N2O3/c1-16-4-5-19-22(28)20(7-10-23(16,19)2)24(3)9-6-18(27)14-17(24)8-13-29-21-15-25-11-12-26-21/h11-12,15,17-20,22,27-28H,1,4-10,13-14H2,2-3H3/t17-,18-,19-,20-,22-,23+,24-/m0/s1. The molecule has 3 fully saturated rings. The molecule has 3 aliphatic rings. The summed E-state index contributed by atoms with van der Waals surface area (Å²) in [7, 11) is 0. The summed E-state index contributed by atoms with van der Waals surface area (Å²) in [5.74, 6) is 1.48. The lowest BCUT2D eigenvalue weighted by molar-refractivity contribution is -0.121. The second-order valence-electron chi connectivity index (χ2n) is 10.1. The first-order valence-electron chi connectivity index (χ1n) is 11.3. The lowest BCUT2D eigenvalue weighted by Gasteiger charge is -2.55. The van der Waals surface area contributed by atoms with Crippen molar-refractivity contribution < 1.29 is 14.9 Å². The fourth-order valence-corrected chi connectivity index (χ4v) is 6.73. The SMILES string of the molecule is C=C1CC[C@H]2[C@H](O)[C@@H]([C@@]3(C)CC[C@H](O)C[C@@H]3CCOc3cnccn3)CC[C@]12C. The van der Waals surface area contributed by atoms with Crippen molar-refractivity contribution in [1.29, 1.82) is 0 Å². The quantitative estimate of drug-likeness (QED) is 0.726. The van der Waals surface area contributed by atoms with Crippen LogP contribution in [0.25, 0.3) is 0 Å². The third-order valence-corrected chi connectivity index (χ3v) is 8.79. The molecule has 5 heteroatoms. The first-order valence-corrected chi connectivity index (χ1v) is 11.3. The molecule has 1 aromatic heterocycles. The molecule has 3 aliphatic carbocycles. The number of hydrogen-bond acceptors (Lipinski definition) is 5. The smallest absolute Gasteiger partial charge is 0.232 e. The van der Waals surface area contributed by atoms with E-state index in [1.807, 2.05) is 0 Å². The summed E-state index contributed by atoms with van der Waals surface area (Å²) in [5.41, 5.74) is 1.46. The van der Waals surface area contributed by atoms with Crippen LogP contribution < -0.4 is 4.74 Å². The molecule has 1 aromatic rings. The van der Waals surface area contributed by atoms with Crippen LogP contribution in [0.1, 0.15) is 65.2 Å². The van der Waals surface area contributed by atoms with Crippen molar-refractivity contribution in [3.63, 3.8) is 0 Å². The van der Waals surface area contributed by atoms with Crippen LogP contribution in [0.15, 0.2) is 30.7 Å². The van der Waals surface area contributed by atoms with Gasteiger partial charge in [0.2, 0.25) is 5.88 Å². The highest BCUT2D eigenvalue weighted by Crippen LogP contribution is 2.61. The van der Waals surface area contributed by atoms with Crippen LogP contribution in [0, 0.1) is 28.6 Å². The van der Waals surface area contributed by atoms with Crippen LogP contribution in [0.5, 0.6) is 5.88 Å². The van der Waals surface area contributed by atoms with E-state index in [-0.39, 0.29) is 29.0 Å². The maximum absolute atomic E-state index is 11.5. The summed E-state index contributed by atoms with van der Waals surface area (Å²) in [4.78, 5) is 8.23. The van der Waals surface area contributed by atoms with Gasteiger partial charge in [-0.25, -0.2) is 4.98 Å². The van der Waals surface area contributed by atoms with Crippen LogP contribution in [0.3, 0.4) is 0 Å². The van der Waals surface area contributed by atoms with Crippen LogP contribution in [-0.4, -0.2) is 39.0 Å². The number of ether oxygens (including phenoxy) is 1. The second-order valence-corrected chi connectivity index (χ2v) is 10.1. The summed E-state index contributed by atoms with van der Waals surface area (Å²) >= 11 is 0. The Morgan fingerprint density at radius 1 is 1.14 bits per heavy atom. The van der Waals surface area contributed by atoms with Crippen LogP contribution in [-0.2, 0) is 0 Å². The predicted molar refractivity (Wildman–Crippen MR) is 112 cm³/mol. The van der Waals surface area contributed by atoms with Crippen molar-refractivity contribution >= 4 is 0 Å². The van der Waals surface area contributed by atoms with Crippen LogP contribution in [0.4, 0.5) is 0 Å². The molecule has 0 aliphatic heterocycles. The van der Waals surface area contributed by atoms with E-state index in [2.05, 4.69) is 30.4 Å². The van der Waals surface area contributed by atoms with Gasteiger partial charge >= 0.3 is 0 Å². The van der Waals surface area contributed by atoms with E-state index in [0.29, 0.717) is 24.3 Å². The van der Waals surface area contributed by atoms with E-state index in [1.165, 1.54) is 5.57 Å². The minimum absolute atomic E-state index is 0.0234. The summed E-state index contributed by atoms with van der Waals surface area (Å²) in [6, 6.07) is 0. The molecule has 7 atom stereocenters. The van der Waals surface area contributed by atoms with Gasteiger partial charge in [-0.3, -0.25) is 4.98 Å². The van der Waals surface area contributed by atoms with Gasteiger partial charge in [0.15, 0.2) is 0 Å². The van der Waals surface area contributed by atoms with Crippen molar-refractivity contribution in [1.82, 2.24) is 9.97 Å². The molecule has 0 saturated heterocycles. The first-order chi connectivity index (χ1) is 13.8. The molecule has 0 spiro atoms. The van der Waals surface area contributed by atoms with Gasteiger partial charge in [-0.15, -0.1) is 0 Å². The largest absolute Gasteiger partial charge is 0.477 e. The van der Waals surface area contributed by atoms with Gasteiger partial charge in [-0.05, 0) is 80.0 Å². The van der Waals surface area contributed by atoms with Crippen molar-refractivity contribution in [2.45, 2.75) is 77.4 Å². The Morgan fingerprint density at radius 3 is 2.72 bits per heavy atom. The molecule has 160 valence electrons. The van der Waals surface area contributed by atoms with Crippen molar-refractivity contribution in [3.8, 4) is 5.88 Å². The maximum atomic E-state index is 11.5. The average molecular weight is 401 g/mol. The van der Waals surface area contributed by atoms with E-state index < -0.39 is 0 Å². The summed E-state index contributed by atoms with van der Waals surface area (Å²) in [6.45, 7) is 9.55. The molecule has 3 saturated carbocycles. The molecule has 0 aromatic carbocycles. The second kappa shape index (κ2) is 7.99. The highest BCUT2D eigenvalue weighted by atomic mass is 16.5. The lowest BCUT2D eigenvalue weighted by atomic mass is 9.51. The number of fused-ring (bicyclic) bond motifs is 1. The van der Waals surface area contributed by atoms with E-state index in [0.717, 1.165) is 51.4 Å². The number of nitrogens with zero attached hydrogens (tertiary/aromatic N) is 2. The fraction of sp³-hybridized carbons (Fsp3) is 0.750. The van der Waals surface area contributed by atoms with E-state index in [1.54, 1.807) is 18.6 Å². The normalized spacial score (nSPS) is 42.5. The molecule has 0 bridgehead atoms. The van der Waals surface area contributed by atoms with Crippen LogP contribution in [0.2, 0.25) is 0 Å². The molecule has 0 amide bonds. The zero-order valence-corrected chi connectivity index (χ0v) is 17.9. The third kappa shape index (κ3) is 3.72. The van der Waals surface area contributed by atoms with Crippen molar-refractivity contribution in [3.05, 3.63) is 30.7 Å². The number of aromatic nitrogens is 2. The Hall–Kier alpha value is -1.46. The molecular formula is C24H36N2O3. The Labute approximate surface area is 174 Å². The lowest BCUT2D eigenvalue weighted by Crippen LogP contribution is -2.53. The number of hydrogen-bond donors (Lipinski definition) is 2. The molecule has 29 heavy (non-hydrogen) atoms. The van der Waals surface area contributed by atoms with Gasteiger partial charge in [0.1, 0.15) is 0 Å². The molecule has 0 radical (unpaired) electrons. The fourth-order valence-electron chi connectivity index (χ4n) is 6.73. The summed E-state index contributed by atoms with van der Waals surface area (Å²) in [5, 5.41) is 21.9. The maximum Gasteiger partial charge on any atom is 0.232 e. The van der Waals surface area contributed by atoms with E-state index in [4.69, 9.17) is 4.74 Å². The molecular weight excluding hydrogens is 364 g/mol. The number of rotatable bonds is 5. The minimum atomic E-state index is -0.281. The minimum Gasteiger partial charge on any atom is -0.477 e. The highest BCUT2D eigenvalue weighted by molar-refractivity contribution is 5.21. The van der Waals surface area contributed by atoms with Gasteiger partial charge < -0.3 is 14.9 Å². The van der Waals surface area contributed by atoms with E-state index in [9.17, 15) is 10.2 Å². The highest BCUT2D eigenvalue weighted by Gasteiger charge is 2.56. The van der Waals surface area contributed by atoms with E-state index >= 15 is 0 Å². The van der Waals surface area contributed by atoms with Crippen molar-refractivity contribution in [2.75, 3.05) is 6.61 Å². The zero-order chi connectivity index (χ0) is 20.6. The Kier molecular flexibility index (Phi) is 5.73.